The largest absolute Gasteiger partial charge is 0.385 e. The van der Waals surface area contributed by atoms with Crippen LogP contribution >= 0.6 is 0 Å². The Balaban J connectivity index is 1.84. The number of carbonyl (C=O) groups is 1. The van der Waals surface area contributed by atoms with Crippen LogP contribution in [0.1, 0.15) is 22.5 Å². The highest BCUT2D eigenvalue weighted by molar-refractivity contribution is 5.98. The fraction of sp³-hybridized carbons (Fsp3) is 0.263. The van der Waals surface area contributed by atoms with Crippen molar-refractivity contribution in [3.8, 4) is 0 Å². The van der Waals surface area contributed by atoms with Crippen LogP contribution in [0.4, 0.5) is 4.39 Å². The lowest BCUT2D eigenvalue weighted by Gasteiger charge is -2.22. The lowest BCUT2D eigenvalue weighted by atomic mass is 10.2. The number of benzene rings is 1. The van der Waals surface area contributed by atoms with Crippen molar-refractivity contribution >= 4 is 16.8 Å². The monoisotopic (exact) mass is 341 g/mol. The molecule has 5 nitrogen and oxygen atoms in total. The molecule has 130 valence electrons. The summed E-state index contributed by atoms with van der Waals surface area (Å²) in [7, 11) is 1.63. The third-order valence-corrected chi connectivity index (χ3v) is 4.03. The Morgan fingerprint density at radius 2 is 2.08 bits per heavy atom. The van der Waals surface area contributed by atoms with E-state index >= 15 is 0 Å². The number of hydrogen-bond donors (Lipinski definition) is 1. The van der Waals surface area contributed by atoms with Crippen molar-refractivity contribution in [1.29, 1.82) is 0 Å². The van der Waals surface area contributed by atoms with E-state index in [9.17, 15) is 9.18 Å². The molecule has 1 amide bonds. The molecule has 0 atom stereocenters. The minimum absolute atomic E-state index is 0.163. The predicted molar refractivity (Wildman–Crippen MR) is 93.7 cm³/mol. The maximum absolute atomic E-state index is 13.9. The van der Waals surface area contributed by atoms with E-state index in [1.807, 2.05) is 12.1 Å². The molecule has 0 unspecified atom stereocenters. The summed E-state index contributed by atoms with van der Waals surface area (Å²) in [5.41, 5.74) is 1.98. The third kappa shape index (κ3) is 4.03. The summed E-state index contributed by atoms with van der Waals surface area (Å²) in [5.74, 6) is -0.503. The van der Waals surface area contributed by atoms with Gasteiger partial charge in [-0.25, -0.2) is 4.39 Å². The van der Waals surface area contributed by atoms with Gasteiger partial charge in [-0.3, -0.25) is 9.78 Å². The molecular formula is C19H20FN3O2. The van der Waals surface area contributed by atoms with Crippen molar-refractivity contribution in [2.45, 2.75) is 13.0 Å². The number of aromatic amines is 1. The number of ether oxygens (including phenoxy) is 1. The SMILES string of the molecule is COCCCN(Cc1ccncc1)C(=O)c1cc2c(F)cccc2[nH]1. The summed E-state index contributed by atoms with van der Waals surface area (Å²) in [6.45, 7) is 1.58. The van der Waals surface area contributed by atoms with Crippen LogP contribution in [0.3, 0.4) is 0 Å². The first kappa shape index (κ1) is 17.1. The van der Waals surface area contributed by atoms with Gasteiger partial charge in [0.2, 0.25) is 0 Å². The van der Waals surface area contributed by atoms with Gasteiger partial charge in [-0.15, -0.1) is 0 Å². The molecular weight excluding hydrogens is 321 g/mol. The first-order chi connectivity index (χ1) is 12.2. The van der Waals surface area contributed by atoms with Crippen molar-refractivity contribution in [3.05, 3.63) is 65.9 Å². The predicted octanol–water partition coefficient (Wildman–Crippen LogP) is 3.38. The lowest BCUT2D eigenvalue weighted by molar-refractivity contribution is 0.0718. The molecule has 1 N–H and O–H groups in total. The Kier molecular flexibility index (Phi) is 5.40. The summed E-state index contributed by atoms with van der Waals surface area (Å²) >= 11 is 0. The molecule has 0 radical (unpaired) electrons. The van der Waals surface area contributed by atoms with Gasteiger partial charge in [0.05, 0.1) is 0 Å². The second-order valence-electron chi connectivity index (χ2n) is 5.81. The average molecular weight is 341 g/mol. The molecule has 0 spiro atoms. The van der Waals surface area contributed by atoms with Gasteiger partial charge in [0.15, 0.2) is 0 Å². The molecule has 0 saturated heterocycles. The summed E-state index contributed by atoms with van der Waals surface area (Å²) in [4.78, 5) is 21.7. The molecule has 0 aliphatic carbocycles. The minimum Gasteiger partial charge on any atom is -0.385 e. The highest BCUT2D eigenvalue weighted by atomic mass is 19.1. The van der Waals surface area contributed by atoms with E-state index in [4.69, 9.17) is 4.74 Å². The van der Waals surface area contributed by atoms with E-state index in [0.29, 0.717) is 36.3 Å². The fourth-order valence-electron chi connectivity index (χ4n) is 2.76. The van der Waals surface area contributed by atoms with Gasteiger partial charge in [0, 0.05) is 50.1 Å². The van der Waals surface area contributed by atoms with Crippen LogP contribution in [0, 0.1) is 5.82 Å². The van der Waals surface area contributed by atoms with E-state index in [1.165, 1.54) is 6.07 Å². The number of rotatable bonds is 7. The Labute approximate surface area is 145 Å². The quantitative estimate of drug-likeness (QED) is 0.670. The van der Waals surface area contributed by atoms with Gasteiger partial charge < -0.3 is 14.6 Å². The molecule has 2 heterocycles. The normalized spacial score (nSPS) is 11.0. The maximum atomic E-state index is 13.9. The van der Waals surface area contributed by atoms with E-state index < -0.39 is 0 Å². The number of nitrogens with one attached hydrogen (secondary N) is 1. The van der Waals surface area contributed by atoms with Crippen molar-refractivity contribution in [1.82, 2.24) is 14.9 Å². The van der Waals surface area contributed by atoms with E-state index in [1.54, 1.807) is 42.6 Å². The van der Waals surface area contributed by atoms with Crippen molar-refractivity contribution in [3.63, 3.8) is 0 Å². The van der Waals surface area contributed by atoms with Gasteiger partial charge in [-0.2, -0.15) is 0 Å². The minimum atomic E-state index is -0.340. The summed E-state index contributed by atoms with van der Waals surface area (Å²) < 4.78 is 19.0. The number of halogens is 1. The number of fused-ring (bicyclic) bond motifs is 1. The molecule has 6 heteroatoms. The Bertz CT molecular complexity index is 848. The molecule has 0 aliphatic rings. The van der Waals surface area contributed by atoms with Crippen molar-refractivity contribution in [2.24, 2.45) is 0 Å². The molecule has 0 bridgehead atoms. The Morgan fingerprint density at radius 1 is 1.28 bits per heavy atom. The van der Waals surface area contributed by atoms with Crippen LogP contribution < -0.4 is 0 Å². The van der Waals surface area contributed by atoms with E-state index in [-0.39, 0.29) is 11.7 Å². The number of carbonyl (C=O) groups excluding carboxylic acids is 1. The number of pyridine rings is 1. The maximum Gasteiger partial charge on any atom is 0.270 e. The number of H-pyrrole nitrogens is 1. The smallest absolute Gasteiger partial charge is 0.270 e. The fourth-order valence-corrected chi connectivity index (χ4v) is 2.76. The number of nitrogens with zero attached hydrogens (tertiary/aromatic N) is 2. The van der Waals surface area contributed by atoms with Crippen LogP contribution in [0.2, 0.25) is 0 Å². The van der Waals surface area contributed by atoms with Gasteiger partial charge in [-0.1, -0.05) is 6.07 Å². The Morgan fingerprint density at radius 3 is 2.80 bits per heavy atom. The lowest BCUT2D eigenvalue weighted by Crippen LogP contribution is -2.32. The molecule has 0 fully saturated rings. The molecule has 3 aromatic rings. The zero-order valence-electron chi connectivity index (χ0n) is 14.0. The van der Waals surface area contributed by atoms with Crippen LogP contribution in [0.15, 0.2) is 48.8 Å². The number of methoxy groups -OCH3 is 1. The molecule has 1 aromatic carbocycles. The van der Waals surface area contributed by atoms with Crippen molar-refractivity contribution < 1.29 is 13.9 Å². The zero-order valence-corrected chi connectivity index (χ0v) is 14.0. The second kappa shape index (κ2) is 7.90. The van der Waals surface area contributed by atoms with E-state index in [0.717, 1.165) is 12.0 Å². The Hall–Kier alpha value is -2.73. The van der Waals surface area contributed by atoms with Crippen LogP contribution in [0.25, 0.3) is 10.9 Å². The molecule has 2 aromatic heterocycles. The average Bonchev–Trinajstić information content (AvgIpc) is 3.07. The molecule has 0 aliphatic heterocycles. The third-order valence-electron chi connectivity index (χ3n) is 4.03. The second-order valence-corrected chi connectivity index (χ2v) is 5.81. The van der Waals surface area contributed by atoms with Gasteiger partial charge in [0.1, 0.15) is 11.5 Å². The van der Waals surface area contributed by atoms with Crippen LogP contribution in [0.5, 0.6) is 0 Å². The van der Waals surface area contributed by atoms with Crippen molar-refractivity contribution in [2.75, 3.05) is 20.3 Å². The van der Waals surface area contributed by atoms with Gasteiger partial charge >= 0.3 is 0 Å². The zero-order chi connectivity index (χ0) is 17.6. The first-order valence-corrected chi connectivity index (χ1v) is 8.13. The van der Waals surface area contributed by atoms with Gasteiger partial charge in [0.25, 0.3) is 5.91 Å². The summed E-state index contributed by atoms with van der Waals surface area (Å²) in [6, 6.07) is 10.1. The van der Waals surface area contributed by atoms with E-state index in [2.05, 4.69) is 9.97 Å². The molecule has 0 saturated carbocycles. The van der Waals surface area contributed by atoms with Gasteiger partial charge in [-0.05, 0) is 42.3 Å². The number of hydrogen-bond acceptors (Lipinski definition) is 3. The van der Waals surface area contributed by atoms with Crippen LogP contribution in [-0.2, 0) is 11.3 Å². The molecule has 25 heavy (non-hydrogen) atoms. The highest BCUT2D eigenvalue weighted by Gasteiger charge is 2.19. The topological polar surface area (TPSA) is 58.2 Å². The number of aromatic nitrogens is 2. The molecule has 3 rings (SSSR count). The standard InChI is InChI=1S/C19H20FN3O2/c1-25-11-3-10-23(13-14-6-8-21-9-7-14)19(24)18-12-15-16(20)4-2-5-17(15)22-18/h2,4-9,12,22H,3,10-11,13H2,1H3. The highest BCUT2D eigenvalue weighted by Crippen LogP contribution is 2.20. The first-order valence-electron chi connectivity index (χ1n) is 8.13. The summed E-state index contributed by atoms with van der Waals surface area (Å²) in [6.07, 6.45) is 4.12. The number of amides is 1. The summed E-state index contributed by atoms with van der Waals surface area (Å²) in [5, 5.41) is 0.423. The van der Waals surface area contributed by atoms with Crippen LogP contribution in [-0.4, -0.2) is 41.0 Å².